The molecule has 27 heavy (non-hydrogen) atoms. The van der Waals surface area contributed by atoms with E-state index in [0.29, 0.717) is 29.1 Å². The van der Waals surface area contributed by atoms with Crippen molar-refractivity contribution >= 4 is 17.5 Å². The Bertz CT molecular complexity index is 897. The second-order valence-corrected chi connectivity index (χ2v) is 6.41. The molecule has 6 nitrogen and oxygen atoms in total. The smallest absolute Gasteiger partial charge is 0.274 e. The molecule has 3 aromatic rings. The number of carbonyl (C=O) groups is 1. The molecular weight excluding hydrogens is 340 g/mol. The number of hydrogen-bond acceptors (Lipinski definition) is 5. The first-order valence-corrected chi connectivity index (χ1v) is 8.82. The predicted octanol–water partition coefficient (Wildman–Crippen LogP) is 4.59. The Morgan fingerprint density at radius 3 is 2.56 bits per heavy atom. The van der Waals surface area contributed by atoms with Crippen molar-refractivity contribution in [3.05, 3.63) is 72.6 Å². The second-order valence-electron chi connectivity index (χ2n) is 6.41. The van der Waals surface area contributed by atoms with Gasteiger partial charge in [0.2, 0.25) is 5.95 Å². The zero-order valence-electron chi connectivity index (χ0n) is 15.3. The summed E-state index contributed by atoms with van der Waals surface area (Å²) in [6.07, 6.45) is 1.57. The molecule has 3 rings (SSSR count). The lowest BCUT2D eigenvalue weighted by Gasteiger charge is -2.12. The van der Waals surface area contributed by atoms with Gasteiger partial charge in [-0.05, 0) is 36.2 Å². The number of nitrogens with zero attached hydrogens (tertiary/aromatic N) is 2. The van der Waals surface area contributed by atoms with E-state index in [1.165, 1.54) is 0 Å². The van der Waals surface area contributed by atoms with Crippen LogP contribution in [-0.2, 0) is 0 Å². The summed E-state index contributed by atoms with van der Waals surface area (Å²) in [5, 5.41) is 5.98. The highest BCUT2D eigenvalue weighted by Gasteiger charge is 2.12. The zero-order valence-corrected chi connectivity index (χ0v) is 15.3. The van der Waals surface area contributed by atoms with Gasteiger partial charge in [0.05, 0.1) is 5.69 Å². The fourth-order valence-electron chi connectivity index (χ4n) is 2.33. The summed E-state index contributed by atoms with van der Waals surface area (Å²) in [4.78, 5) is 21.1. The number of benzene rings is 2. The van der Waals surface area contributed by atoms with Crippen LogP contribution in [-0.4, -0.2) is 22.4 Å². The van der Waals surface area contributed by atoms with Crippen LogP contribution < -0.4 is 15.4 Å². The first-order valence-electron chi connectivity index (χ1n) is 8.82. The molecule has 0 saturated heterocycles. The molecule has 2 N–H and O–H groups in total. The summed E-state index contributed by atoms with van der Waals surface area (Å²) in [7, 11) is 0. The van der Waals surface area contributed by atoms with E-state index in [4.69, 9.17) is 4.74 Å². The number of anilines is 2. The molecule has 0 bridgehead atoms. The predicted molar refractivity (Wildman–Crippen MR) is 106 cm³/mol. The van der Waals surface area contributed by atoms with Crippen LogP contribution in [0.1, 0.15) is 24.3 Å². The maximum Gasteiger partial charge on any atom is 0.274 e. The van der Waals surface area contributed by atoms with Crippen molar-refractivity contribution in [2.45, 2.75) is 13.8 Å². The lowest BCUT2D eigenvalue weighted by atomic mass is 10.2. The van der Waals surface area contributed by atoms with E-state index in [0.717, 1.165) is 6.54 Å². The summed E-state index contributed by atoms with van der Waals surface area (Å²) in [5.41, 5.74) is 0.854. The third-order valence-corrected chi connectivity index (χ3v) is 3.66. The minimum absolute atomic E-state index is 0.283. The van der Waals surface area contributed by atoms with Crippen LogP contribution in [0.3, 0.4) is 0 Å². The van der Waals surface area contributed by atoms with Gasteiger partial charge in [-0.25, -0.2) is 9.97 Å². The molecule has 0 atom stereocenters. The van der Waals surface area contributed by atoms with E-state index in [1.807, 2.05) is 42.5 Å². The number of hydrogen-bond donors (Lipinski definition) is 2. The average Bonchev–Trinajstić information content (AvgIpc) is 2.69. The molecule has 138 valence electrons. The van der Waals surface area contributed by atoms with Crippen molar-refractivity contribution in [1.82, 2.24) is 9.97 Å². The lowest BCUT2D eigenvalue weighted by Crippen LogP contribution is -2.17. The van der Waals surface area contributed by atoms with E-state index in [2.05, 4.69) is 34.4 Å². The zero-order chi connectivity index (χ0) is 19.1. The highest BCUT2D eigenvalue weighted by molar-refractivity contribution is 6.03. The standard InChI is InChI=1S/C21H22N4O2/c1-15(2)14-23-21-22-13-12-18(25-21)20(26)24-17-10-6-7-11-19(17)27-16-8-4-3-5-9-16/h3-13,15H,14H2,1-2H3,(H,24,26)(H,22,23,25). The van der Waals surface area contributed by atoms with Gasteiger partial charge >= 0.3 is 0 Å². The van der Waals surface area contributed by atoms with Gasteiger partial charge in [-0.3, -0.25) is 4.79 Å². The third-order valence-electron chi connectivity index (χ3n) is 3.66. The SMILES string of the molecule is CC(C)CNc1nccc(C(=O)Nc2ccccc2Oc2ccccc2)n1. The van der Waals surface area contributed by atoms with Gasteiger partial charge in [0, 0.05) is 12.7 Å². The average molecular weight is 362 g/mol. The number of carbonyl (C=O) groups excluding carboxylic acids is 1. The lowest BCUT2D eigenvalue weighted by molar-refractivity contribution is 0.102. The molecule has 1 amide bonds. The molecule has 1 aromatic heterocycles. The maximum atomic E-state index is 12.6. The summed E-state index contributed by atoms with van der Waals surface area (Å²) in [6, 6.07) is 18.3. The van der Waals surface area contributed by atoms with Crippen LogP contribution in [0.4, 0.5) is 11.6 Å². The van der Waals surface area contributed by atoms with E-state index >= 15 is 0 Å². The second kappa shape index (κ2) is 8.80. The largest absolute Gasteiger partial charge is 0.455 e. The molecule has 2 aromatic carbocycles. The molecule has 0 aliphatic heterocycles. The fourth-order valence-corrected chi connectivity index (χ4v) is 2.33. The molecule has 6 heteroatoms. The summed E-state index contributed by atoms with van der Waals surface area (Å²) >= 11 is 0. The van der Waals surface area contributed by atoms with E-state index in [1.54, 1.807) is 24.4 Å². The minimum atomic E-state index is -0.325. The summed E-state index contributed by atoms with van der Waals surface area (Å²) in [5.74, 6) is 1.82. The van der Waals surface area contributed by atoms with Crippen LogP contribution in [0.25, 0.3) is 0 Å². The van der Waals surface area contributed by atoms with Gasteiger partial charge in [0.15, 0.2) is 5.75 Å². The Morgan fingerprint density at radius 2 is 1.78 bits per heavy atom. The highest BCUT2D eigenvalue weighted by atomic mass is 16.5. The van der Waals surface area contributed by atoms with Crippen molar-refractivity contribution < 1.29 is 9.53 Å². The quantitative estimate of drug-likeness (QED) is 0.643. The number of amides is 1. The number of aromatic nitrogens is 2. The monoisotopic (exact) mass is 362 g/mol. The van der Waals surface area contributed by atoms with Crippen LogP contribution in [0.15, 0.2) is 66.9 Å². The van der Waals surface area contributed by atoms with Gasteiger partial charge in [-0.2, -0.15) is 0 Å². The molecule has 1 heterocycles. The normalized spacial score (nSPS) is 10.5. The third kappa shape index (κ3) is 5.28. The Labute approximate surface area is 158 Å². The van der Waals surface area contributed by atoms with Gasteiger partial charge in [0.1, 0.15) is 11.4 Å². The Morgan fingerprint density at radius 1 is 1.04 bits per heavy atom. The highest BCUT2D eigenvalue weighted by Crippen LogP contribution is 2.29. The molecule has 0 radical (unpaired) electrons. The topological polar surface area (TPSA) is 76.1 Å². The summed E-state index contributed by atoms with van der Waals surface area (Å²) in [6.45, 7) is 4.92. The van der Waals surface area contributed by atoms with Crippen LogP contribution >= 0.6 is 0 Å². The van der Waals surface area contributed by atoms with E-state index < -0.39 is 0 Å². The number of nitrogens with one attached hydrogen (secondary N) is 2. The fraction of sp³-hybridized carbons (Fsp3) is 0.190. The van der Waals surface area contributed by atoms with Gasteiger partial charge in [-0.15, -0.1) is 0 Å². The number of para-hydroxylation sites is 3. The van der Waals surface area contributed by atoms with Gasteiger partial charge < -0.3 is 15.4 Å². The number of ether oxygens (including phenoxy) is 1. The molecule has 0 unspecified atom stereocenters. The molecule has 0 aliphatic carbocycles. The van der Waals surface area contributed by atoms with Gasteiger partial charge in [0.25, 0.3) is 5.91 Å². The van der Waals surface area contributed by atoms with Gasteiger partial charge in [-0.1, -0.05) is 44.2 Å². The Kier molecular flexibility index (Phi) is 5.99. The van der Waals surface area contributed by atoms with Crippen molar-refractivity contribution in [2.24, 2.45) is 5.92 Å². The van der Waals surface area contributed by atoms with Crippen LogP contribution in [0, 0.1) is 5.92 Å². The van der Waals surface area contributed by atoms with E-state index in [9.17, 15) is 4.79 Å². The van der Waals surface area contributed by atoms with Crippen molar-refractivity contribution in [2.75, 3.05) is 17.2 Å². The molecular formula is C21H22N4O2. The van der Waals surface area contributed by atoms with Crippen molar-refractivity contribution in [3.63, 3.8) is 0 Å². The van der Waals surface area contributed by atoms with Crippen LogP contribution in [0.5, 0.6) is 11.5 Å². The first kappa shape index (κ1) is 18.4. The Hall–Kier alpha value is -3.41. The minimum Gasteiger partial charge on any atom is -0.455 e. The molecule has 0 aliphatic rings. The maximum absolute atomic E-state index is 12.6. The van der Waals surface area contributed by atoms with Crippen molar-refractivity contribution in [1.29, 1.82) is 0 Å². The molecule has 0 fully saturated rings. The Balaban J connectivity index is 1.74. The molecule has 0 spiro atoms. The summed E-state index contributed by atoms with van der Waals surface area (Å²) < 4.78 is 5.88. The molecule has 0 saturated carbocycles. The first-order chi connectivity index (χ1) is 13.1. The van der Waals surface area contributed by atoms with Crippen LogP contribution in [0.2, 0.25) is 0 Å². The van der Waals surface area contributed by atoms with E-state index in [-0.39, 0.29) is 11.6 Å². The van der Waals surface area contributed by atoms with Crippen molar-refractivity contribution in [3.8, 4) is 11.5 Å². The number of rotatable bonds is 7.